The van der Waals surface area contributed by atoms with Gasteiger partial charge in [0.15, 0.2) is 6.10 Å². The summed E-state index contributed by atoms with van der Waals surface area (Å²) in [5.74, 6) is -1.29. The third-order valence-corrected chi connectivity index (χ3v) is 3.97. The summed E-state index contributed by atoms with van der Waals surface area (Å²) in [5, 5.41) is 0.667. The molecule has 1 heterocycles. The number of aryl methyl sites for hydroxylation is 1. The fourth-order valence-corrected chi connectivity index (χ4v) is 2.50. The maximum absolute atomic E-state index is 12.6. The molecule has 1 atom stereocenters. The molecule has 1 amide bonds. The highest BCUT2D eigenvalue weighted by atomic mass is 16.5. The number of esters is 1. The first kappa shape index (κ1) is 16.6. The number of pyridine rings is 1. The number of para-hydroxylation sites is 1. The number of rotatable bonds is 4. The monoisotopic (exact) mass is 334 g/mol. The molecular weight excluding hydrogens is 316 g/mol. The number of hydrogen-bond donors (Lipinski definition) is 1. The fourth-order valence-electron chi connectivity index (χ4n) is 2.50. The lowest BCUT2D eigenvalue weighted by Crippen LogP contribution is -2.30. The van der Waals surface area contributed by atoms with Crippen LogP contribution in [0, 0.1) is 6.92 Å². The van der Waals surface area contributed by atoms with Crippen LogP contribution in [0.2, 0.25) is 0 Å². The topological polar surface area (TPSA) is 82.3 Å². The summed E-state index contributed by atoms with van der Waals surface area (Å²) >= 11 is 0. The van der Waals surface area contributed by atoms with E-state index in [0.29, 0.717) is 22.2 Å². The van der Waals surface area contributed by atoms with Crippen LogP contribution in [0.25, 0.3) is 22.2 Å². The van der Waals surface area contributed by atoms with Gasteiger partial charge < -0.3 is 10.5 Å². The van der Waals surface area contributed by atoms with E-state index in [2.05, 4.69) is 4.98 Å². The van der Waals surface area contributed by atoms with E-state index in [4.69, 9.17) is 10.5 Å². The Morgan fingerprint density at radius 1 is 1.08 bits per heavy atom. The van der Waals surface area contributed by atoms with Crippen LogP contribution in [0.5, 0.6) is 0 Å². The second-order valence-corrected chi connectivity index (χ2v) is 5.89. The van der Waals surface area contributed by atoms with Gasteiger partial charge in [-0.25, -0.2) is 9.78 Å². The molecule has 126 valence electrons. The predicted molar refractivity (Wildman–Crippen MR) is 96.0 cm³/mol. The first-order chi connectivity index (χ1) is 12.0. The van der Waals surface area contributed by atoms with Crippen molar-refractivity contribution >= 4 is 22.8 Å². The summed E-state index contributed by atoms with van der Waals surface area (Å²) in [5.41, 5.74) is 8.92. The number of fused-ring (bicyclic) bond motifs is 1. The van der Waals surface area contributed by atoms with Crippen molar-refractivity contribution in [2.45, 2.75) is 20.0 Å². The molecule has 0 saturated carbocycles. The summed E-state index contributed by atoms with van der Waals surface area (Å²) in [7, 11) is 0. The molecule has 2 N–H and O–H groups in total. The Hall–Kier alpha value is -3.21. The zero-order valence-electron chi connectivity index (χ0n) is 14.0. The van der Waals surface area contributed by atoms with Gasteiger partial charge in [0.2, 0.25) is 0 Å². The Bertz CT molecular complexity index is 949. The van der Waals surface area contributed by atoms with E-state index in [1.807, 2.05) is 49.4 Å². The molecule has 0 radical (unpaired) electrons. The molecule has 25 heavy (non-hydrogen) atoms. The quantitative estimate of drug-likeness (QED) is 0.743. The minimum atomic E-state index is -0.998. The van der Waals surface area contributed by atoms with E-state index in [1.54, 1.807) is 12.1 Å². The van der Waals surface area contributed by atoms with Gasteiger partial charge in [0.05, 0.1) is 16.8 Å². The largest absolute Gasteiger partial charge is 0.449 e. The van der Waals surface area contributed by atoms with E-state index < -0.39 is 18.0 Å². The maximum Gasteiger partial charge on any atom is 0.339 e. The lowest BCUT2D eigenvalue weighted by molar-refractivity contribution is -0.125. The third kappa shape index (κ3) is 3.50. The third-order valence-electron chi connectivity index (χ3n) is 3.97. The first-order valence-corrected chi connectivity index (χ1v) is 7.93. The lowest BCUT2D eigenvalue weighted by atomic mass is 10.0. The van der Waals surface area contributed by atoms with E-state index >= 15 is 0 Å². The van der Waals surface area contributed by atoms with Gasteiger partial charge in [0.1, 0.15) is 0 Å². The van der Waals surface area contributed by atoms with Crippen molar-refractivity contribution in [1.82, 2.24) is 4.98 Å². The molecule has 3 aromatic rings. The predicted octanol–water partition coefficient (Wildman–Crippen LogP) is 3.24. The minimum absolute atomic E-state index is 0.356. The molecule has 0 fully saturated rings. The molecule has 3 rings (SSSR count). The summed E-state index contributed by atoms with van der Waals surface area (Å²) in [4.78, 5) is 28.4. The molecular formula is C20H18N2O3. The minimum Gasteiger partial charge on any atom is -0.449 e. The number of ether oxygens (including phenoxy) is 1. The maximum atomic E-state index is 12.6. The summed E-state index contributed by atoms with van der Waals surface area (Å²) in [6.45, 7) is 3.45. The van der Waals surface area contributed by atoms with Crippen molar-refractivity contribution in [3.05, 3.63) is 65.7 Å². The highest BCUT2D eigenvalue weighted by molar-refractivity contribution is 6.05. The van der Waals surface area contributed by atoms with Gasteiger partial charge in [0.25, 0.3) is 5.91 Å². The molecule has 5 heteroatoms. The number of benzene rings is 2. The second-order valence-electron chi connectivity index (χ2n) is 5.89. The molecule has 1 unspecified atom stereocenters. The number of nitrogens with two attached hydrogens (primary N) is 1. The standard InChI is InChI=1S/C20H18N2O3/c1-12-7-9-14(10-8-12)18-11-16(20(24)25-13(2)19(21)23)15-5-3-4-6-17(15)22-18/h3-11,13H,1-2H3,(H2,21,23). The van der Waals surface area contributed by atoms with Crippen molar-refractivity contribution in [3.63, 3.8) is 0 Å². The van der Waals surface area contributed by atoms with Crippen LogP contribution in [0.4, 0.5) is 0 Å². The Kier molecular flexibility index (Phi) is 4.48. The van der Waals surface area contributed by atoms with Gasteiger partial charge >= 0.3 is 5.97 Å². The van der Waals surface area contributed by atoms with E-state index in [9.17, 15) is 9.59 Å². The lowest BCUT2D eigenvalue weighted by Gasteiger charge is -2.12. The fraction of sp³-hybridized carbons (Fsp3) is 0.150. The van der Waals surface area contributed by atoms with Gasteiger partial charge in [-0.15, -0.1) is 0 Å². The van der Waals surface area contributed by atoms with Gasteiger partial charge in [-0.3, -0.25) is 4.79 Å². The SMILES string of the molecule is Cc1ccc(-c2cc(C(=O)OC(C)C(N)=O)c3ccccc3n2)cc1. The number of amides is 1. The van der Waals surface area contributed by atoms with E-state index in [1.165, 1.54) is 6.92 Å². The molecule has 2 aromatic carbocycles. The number of hydrogen-bond acceptors (Lipinski definition) is 4. The van der Waals surface area contributed by atoms with Crippen LogP contribution in [0.1, 0.15) is 22.8 Å². The van der Waals surface area contributed by atoms with Gasteiger partial charge in [-0.05, 0) is 26.0 Å². The van der Waals surface area contributed by atoms with Crippen molar-refractivity contribution in [2.75, 3.05) is 0 Å². The Labute approximate surface area is 145 Å². The number of aromatic nitrogens is 1. The van der Waals surface area contributed by atoms with E-state index in [0.717, 1.165) is 11.1 Å². The summed E-state index contributed by atoms with van der Waals surface area (Å²) in [6, 6.07) is 16.9. The van der Waals surface area contributed by atoms with Crippen LogP contribution >= 0.6 is 0 Å². The Morgan fingerprint density at radius 3 is 2.44 bits per heavy atom. The van der Waals surface area contributed by atoms with E-state index in [-0.39, 0.29) is 0 Å². The Morgan fingerprint density at radius 2 is 1.76 bits per heavy atom. The van der Waals surface area contributed by atoms with Crippen LogP contribution < -0.4 is 5.73 Å². The molecule has 0 saturated heterocycles. The van der Waals surface area contributed by atoms with Crippen LogP contribution in [-0.4, -0.2) is 23.0 Å². The average Bonchev–Trinajstić information content (AvgIpc) is 2.61. The molecule has 0 aliphatic carbocycles. The van der Waals surface area contributed by atoms with Crippen molar-refractivity contribution in [2.24, 2.45) is 5.73 Å². The molecule has 0 aliphatic rings. The number of primary amides is 1. The van der Waals surface area contributed by atoms with Gasteiger partial charge in [0, 0.05) is 10.9 Å². The average molecular weight is 334 g/mol. The molecule has 0 bridgehead atoms. The van der Waals surface area contributed by atoms with Crippen LogP contribution in [-0.2, 0) is 9.53 Å². The first-order valence-electron chi connectivity index (χ1n) is 7.93. The van der Waals surface area contributed by atoms with Crippen molar-refractivity contribution in [1.29, 1.82) is 0 Å². The van der Waals surface area contributed by atoms with Crippen LogP contribution in [0.15, 0.2) is 54.6 Å². The zero-order valence-corrected chi connectivity index (χ0v) is 14.0. The normalized spacial score (nSPS) is 11.9. The smallest absolute Gasteiger partial charge is 0.339 e. The molecule has 0 aliphatic heterocycles. The molecule has 5 nitrogen and oxygen atoms in total. The van der Waals surface area contributed by atoms with Gasteiger partial charge in [-0.2, -0.15) is 0 Å². The zero-order chi connectivity index (χ0) is 18.0. The molecule has 1 aromatic heterocycles. The van der Waals surface area contributed by atoms with Crippen LogP contribution in [0.3, 0.4) is 0 Å². The highest BCUT2D eigenvalue weighted by Gasteiger charge is 2.19. The highest BCUT2D eigenvalue weighted by Crippen LogP contribution is 2.26. The number of nitrogens with zero attached hydrogens (tertiary/aromatic N) is 1. The Balaban J connectivity index is 2.11. The summed E-state index contributed by atoms with van der Waals surface area (Å²) in [6.07, 6.45) is -0.998. The summed E-state index contributed by atoms with van der Waals surface area (Å²) < 4.78 is 5.17. The van der Waals surface area contributed by atoms with Crippen molar-refractivity contribution < 1.29 is 14.3 Å². The molecule has 0 spiro atoms. The number of carbonyl (C=O) groups is 2. The number of carbonyl (C=O) groups excluding carboxylic acids is 2. The van der Waals surface area contributed by atoms with Crippen molar-refractivity contribution in [3.8, 4) is 11.3 Å². The van der Waals surface area contributed by atoms with Gasteiger partial charge in [-0.1, -0.05) is 48.0 Å². The second kappa shape index (κ2) is 6.73.